The van der Waals surface area contributed by atoms with Crippen molar-refractivity contribution < 1.29 is 22.8 Å². The Morgan fingerprint density at radius 3 is 2.40 bits per heavy atom. The number of carbonyl (C=O) groups is 2. The van der Waals surface area contributed by atoms with Crippen LogP contribution in [0.25, 0.3) is 0 Å². The van der Waals surface area contributed by atoms with Crippen molar-refractivity contribution in [3.05, 3.63) is 34.9 Å². The van der Waals surface area contributed by atoms with Gasteiger partial charge in [0.05, 0.1) is 0 Å². The molecule has 1 aromatic carbocycles. The number of ketones is 1. The topological polar surface area (TPSA) is 37.4 Å². The third-order valence-electron chi connectivity index (χ3n) is 6.51. The van der Waals surface area contributed by atoms with Crippen LogP contribution in [0.2, 0.25) is 0 Å². The Bertz CT molecular complexity index is 754. The Morgan fingerprint density at radius 2 is 1.84 bits per heavy atom. The molecule has 1 saturated heterocycles. The molecule has 3 rings (SSSR count). The van der Waals surface area contributed by atoms with Gasteiger partial charge in [-0.25, -0.2) is 0 Å². The van der Waals surface area contributed by atoms with Crippen molar-refractivity contribution in [1.29, 1.82) is 0 Å². The van der Waals surface area contributed by atoms with Crippen LogP contribution >= 0.6 is 0 Å². The first kappa shape index (κ1) is 18.0. The largest absolute Gasteiger partial charge is 0.471 e. The first-order valence-electron chi connectivity index (χ1n) is 8.42. The number of halogens is 3. The first-order chi connectivity index (χ1) is 11.4. The number of piperidine rings is 1. The number of carbonyl (C=O) groups excluding carboxylic acids is 2. The number of amides is 1. The molecule has 0 spiro atoms. The van der Waals surface area contributed by atoms with Crippen LogP contribution in [0.15, 0.2) is 18.2 Å². The first-order valence-corrected chi connectivity index (χ1v) is 8.42. The Balaban J connectivity index is 2.12. The molecule has 3 nitrogen and oxygen atoms in total. The second-order valence-corrected chi connectivity index (χ2v) is 7.95. The minimum atomic E-state index is -4.87. The van der Waals surface area contributed by atoms with Gasteiger partial charge in [0, 0.05) is 23.6 Å². The monoisotopic (exact) mass is 353 g/mol. The van der Waals surface area contributed by atoms with E-state index in [2.05, 4.69) is 6.92 Å². The lowest BCUT2D eigenvalue weighted by molar-refractivity contribution is -0.195. The molecule has 2 aliphatic rings. The lowest BCUT2D eigenvalue weighted by Gasteiger charge is -2.60. The average Bonchev–Trinajstić information content (AvgIpc) is 2.49. The highest BCUT2D eigenvalue weighted by atomic mass is 19.4. The van der Waals surface area contributed by atoms with E-state index in [1.54, 1.807) is 12.1 Å². The Kier molecular flexibility index (Phi) is 3.82. The standard InChI is InChI=1S/C19H22F3NO2/c1-11(24)12-5-6-14-13(9-12)10-15-17(2,3)18(14,4)7-8-23(15)16(25)19(20,21)22/h5-6,9,15H,7-8,10H2,1-4H3/t15-,18+/m1/s1. The molecule has 1 fully saturated rings. The van der Waals surface area contributed by atoms with Gasteiger partial charge < -0.3 is 4.90 Å². The fourth-order valence-corrected chi connectivity index (χ4v) is 4.56. The summed E-state index contributed by atoms with van der Waals surface area (Å²) < 4.78 is 39.1. The summed E-state index contributed by atoms with van der Waals surface area (Å²) in [5.74, 6) is -1.84. The van der Waals surface area contributed by atoms with Gasteiger partial charge in [-0.1, -0.05) is 32.9 Å². The molecule has 0 radical (unpaired) electrons. The minimum absolute atomic E-state index is 0.0776. The third kappa shape index (κ3) is 2.49. The van der Waals surface area contributed by atoms with E-state index < -0.39 is 23.5 Å². The molecule has 6 heteroatoms. The van der Waals surface area contributed by atoms with E-state index in [9.17, 15) is 22.8 Å². The molecule has 1 amide bonds. The average molecular weight is 353 g/mol. The molecule has 1 heterocycles. The number of nitrogens with zero attached hydrogens (tertiary/aromatic N) is 1. The van der Waals surface area contributed by atoms with Crippen molar-refractivity contribution in [3.63, 3.8) is 0 Å². The van der Waals surface area contributed by atoms with Crippen molar-refractivity contribution in [2.45, 2.75) is 58.2 Å². The molecule has 0 saturated carbocycles. The Hall–Kier alpha value is -1.85. The second-order valence-electron chi connectivity index (χ2n) is 7.95. The minimum Gasteiger partial charge on any atom is -0.331 e. The number of alkyl halides is 3. The van der Waals surface area contributed by atoms with Gasteiger partial charge in [0.15, 0.2) is 5.78 Å². The second kappa shape index (κ2) is 5.32. The number of rotatable bonds is 1. The molecule has 1 aliphatic carbocycles. The maximum absolute atomic E-state index is 13.0. The van der Waals surface area contributed by atoms with Crippen LogP contribution in [0, 0.1) is 5.41 Å². The van der Waals surface area contributed by atoms with Gasteiger partial charge in [-0.05, 0) is 42.4 Å². The van der Waals surface area contributed by atoms with Gasteiger partial charge in [-0.15, -0.1) is 0 Å². The summed E-state index contributed by atoms with van der Waals surface area (Å²) in [4.78, 5) is 24.6. The summed E-state index contributed by atoms with van der Waals surface area (Å²) >= 11 is 0. The number of Topliss-reactive ketones (excluding diaryl/α,β-unsaturated/α-hetero) is 1. The van der Waals surface area contributed by atoms with Crippen LogP contribution in [0.1, 0.15) is 55.6 Å². The summed E-state index contributed by atoms with van der Waals surface area (Å²) in [5.41, 5.74) is 1.66. The van der Waals surface area contributed by atoms with Gasteiger partial charge in [-0.3, -0.25) is 9.59 Å². The number of fused-ring (bicyclic) bond motifs is 4. The highest BCUT2D eigenvalue weighted by Crippen LogP contribution is 2.56. The van der Waals surface area contributed by atoms with Gasteiger partial charge >= 0.3 is 12.1 Å². The van der Waals surface area contributed by atoms with Crippen LogP contribution in [-0.4, -0.2) is 35.4 Å². The van der Waals surface area contributed by atoms with E-state index in [4.69, 9.17) is 0 Å². The molecular formula is C19H22F3NO2. The van der Waals surface area contributed by atoms with Gasteiger partial charge in [-0.2, -0.15) is 13.2 Å². The summed E-state index contributed by atoms with van der Waals surface area (Å²) in [6.45, 7) is 7.50. The number of hydrogen-bond donors (Lipinski definition) is 0. The molecule has 2 atom stereocenters. The summed E-state index contributed by atoms with van der Waals surface area (Å²) in [6, 6.07) is 4.95. The van der Waals surface area contributed by atoms with Crippen LogP contribution in [-0.2, 0) is 16.6 Å². The molecule has 25 heavy (non-hydrogen) atoms. The molecule has 0 unspecified atom stereocenters. The lowest BCUT2D eigenvalue weighted by atomic mass is 9.51. The van der Waals surface area contributed by atoms with E-state index in [0.29, 0.717) is 18.4 Å². The maximum atomic E-state index is 13.0. The molecule has 0 N–H and O–H groups in total. The summed E-state index contributed by atoms with van der Waals surface area (Å²) in [7, 11) is 0. The van der Waals surface area contributed by atoms with Crippen LogP contribution in [0.4, 0.5) is 13.2 Å². The summed E-state index contributed by atoms with van der Waals surface area (Å²) in [6.07, 6.45) is -4.07. The van der Waals surface area contributed by atoms with Crippen molar-refractivity contribution in [2.24, 2.45) is 5.41 Å². The van der Waals surface area contributed by atoms with E-state index >= 15 is 0 Å². The van der Waals surface area contributed by atoms with Crippen molar-refractivity contribution in [1.82, 2.24) is 4.90 Å². The van der Waals surface area contributed by atoms with Gasteiger partial charge in [0.2, 0.25) is 0 Å². The zero-order valence-corrected chi connectivity index (χ0v) is 14.8. The lowest BCUT2D eigenvalue weighted by Crippen LogP contribution is -2.66. The number of benzene rings is 1. The fraction of sp³-hybridized carbons (Fsp3) is 0.579. The molecule has 0 aromatic heterocycles. The van der Waals surface area contributed by atoms with E-state index in [1.165, 1.54) is 6.92 Å². The van der Waals surface area contributed by atoms with Crippen LogP contribution in [0.3, 0.4) is 0 Å². The molecule has 1 aliphatic heterocycles. The highest BCUT2D eigenvalue weighted by molar-refractivity contribution is 5.94. The van der Waals surface area contributed by atoms with E-state index in [1.807, 2.05) is 19.9 Å². The van der Waals surface area contributed by atoms with Crippen LogP contribution < -0.4 is 0 Å². The zero-order valence-electron chi connectivity index (χ0n) is 14.8. The van der Waals surface area contributed by atoms with Gasteiger partial charge in [0.1, 0.15) is 0 Å². The third-order valence-corrected chi connectivity index (χ3v) is 6.51. The van der Waals surface area contributed by atoms with Gasteiger partial charge in [0.25, 0.3) is 0 Å². The quantitative estimate of drug-likeness (QED) is 0.718. The van der Waals surface area contributed by atoms with Crippen molar-refractivity contribution in [2.75, 3.05) is 6.54 Å². The van der Waals surface area contributed by atoms with E-state index in [-0.39, 0.29) is 17.7 Å². The van der Waals surface area contributed by atoms with Crippen LogP contribution in [0.5, 0.6) is 0 Å². The smallest absolute Gasteiger partial charge is 0.331 e. The highest BCUT2D eigenvalue weighted by Gasteiger charge is 2.59. The van der Waals surface area contributed by atoms with Crippen molar-refractivity contribution in [3.8, 4) is 0 Å². The Morgan fingerprint density at radius 1 is 1.20 bits per heavy atom. The summed E-state index contributed by atoms with van der Waals surface area (Å²) in [5, 5.41) is 0. The Labute approximate surface area is 145 Å². The van der Waals surface area contributed by atoms with E-state index in [0.717, 1.165) is 16.0 Å². The molecule has 2 bridgehead atoms. The zero-order chi connectivity index (χ0) is 18.8. The molecule has 136 valence electrons. The maximum Gasteiger partial charge on any atom is 0.471 e. The normalized spacial score (nSPS) is 27.6. The SMILES string of the molecule is CC(=O)c1ccc2c(c1)C[C@H]1N(C(=O)C(F)(F)F)CC[C@]2(C)C1(C)C. The fourth-order valence-electron chi connectivity index (χ4n) is 4.56. The number of hydrogen-bond acceptors (Lipinski definition) is 2. The molecule has 1 aromatic rings. The van der Waals surface area contributed by atoms with Crippen molar-refractivity contribution >= 4 is 11.7 Å². The predicted molar refractivity (Wildman–Crippen MR) is 87.5 cm³/mol. The number of likely N-dealkylation sites (tertiary alicyclic amines) is 1. The predicted octanol–water partition coefficient (Wildman–Crippen LogP) is 3.89. The molecular weight excluding hydrogens is 331 g/mol.